The summed E-state index contributed by atoms with van der Waals surface area (Å²) < 4.78 is 5.87. The summed E-state index contributed by atoms with van der Waals surface area (Å²) in [5.41, 5.74) is 4.05. The predicted octanol–water partition coefficient (Wildman–Crippen LogP) is 2.00. The molecule has 2 N–H and O–H groups in total. The van der Waals surface area contributed by atoms with Crippen molar-refractivity contribution in [1.29, 1.82) is 0 Å². The molecule has 9 nitrogen and oxygen atoms in total. The maximum Gasteiger partial charge on any atom is 0.256 e. The Balaban J connectivity index is 1.10. The van der Waals surface area contributed by atoms with E-state index >= 15 is 0 Å². The van der Waals surface area contributed by atoms with E-state index in [2.05, 4.69) is 55.0 Å². The zero-order valence-corrected chi connectivity index (χ0v) is 17.2. The van der Waals surface area contributed by atoms with Gasteiger partial charge < -0.3 is 15.0 Å². The highest BCUT2D eigenvalue weighted by atomic mass is 16.5. The number of benzene rings is 1. The fourth-order valence-corrected chi connectivity index (χ4v) is 4.26. The Morgan fingerprint density at radius 2 is 1.81 bits per heavy atom. The van der Waals surface area contributed by atoms with Crippen LogP contribution in [0.15, 0.2) is 42.9 Å². The number of aromatic amines is 1. The molecule has 1 aliphatic carbocycles. The van der Waals surface area contributed by atoms with E-state index in [1.54, 1.807) is 18.6 Å². The van der Waals surface area contributed by atoms with Crippen molar-refractivity contribution >= 4 is 11.9 Å². The Kier molecular flexibility index (Phi) is 5.57. The second kappa shape index (κ2) is 8.81. The van der Waals surface area contributed by atoms with E-state index in [0.717, 1.165) is 31.4 Å². The van der Waals surface area contributed by atoms with Gasteiger partial charge in [-0.15, -0.1) is 0 Å². The maximum atomic E-state index is 12.8. The fraction of sp³-hybridized carbons (Fsp3) is 0.409. The van der Waals surface area contributed by atoms with Gasteiger partial charge in [-0.05, 0) is 36.8 Å². The summed E-state index contributed by atoms with van der Waals surface area (Å²) in [6.45, 7) is 1.74. The number of likely N-dealkylation sites (tertiary alicyclic amines) is 1. The average Bonchev–Trinajstić information content (AvgIpc) is 3.47. The lowest BCUT2D eigenvalue weighted by Gasteiger charge is -2.31. The summed E-state index contributed by atoms with van der Waals surface area (Å²) in [4.78, 5) is 23.4. The van der Waals surface area contributed by atoms with E-state index in [4.69, 9.17) is 4.74 Å². The second-order valence-electron chi connectivity index (χ2n) is 8.08. The maximum absolute atomic E-state index is 12.8. The molecule has 1 amide bonds. The molecule has 1 aliphatic heterocycles. The fourth-order valence-electron chi connectivity index (χ4n) is 4.26. The minimum absolute atomic E-state index is 0.0326. The normalized spacial score (nSPS) is 17.0. The van der Waals surface area contributed by atoms with Gasteiger partial charge in [0.1, 0.15) is 5.69 Å². The predicted molar refractivity (Wildman–Crippen MR) is 113 cm³/mol. The molecule has 0 spiro atoms. The largest absolute Gasteiger partial charge is 0.372 e. The molecule has 1 aromatic carbocycles. The summed E-state index contributed by atoms with van der Waals surface area (Å²) in [5, 5.41) is 13.7. The van der Waals surface area contributed by atoms with Crippen LogP contribution in [0.3, 0.4) is 0 Å². The van der Waals surface area contributed by atoms with Crippen molar-refractivity contribution in [3.05, 3.63) is 65.2 Å². The molecule has 0 atom stereocenters. The van der Waals surface area contributed by atoms with Crippen molar-refractivity contribution in [1.82, 2.24) is 30.3 Å². The smallest absolute Gasteiger partial charge is 0.256 e. The Morgan fingerprint density at radius 1 is 1.10 bits per heavy atom. The first kappa shape index (κ1) is 19.6. The van der Waals surface area contributed by atoms with Crippen molar-refractivity contribution < 1.29 is 9.53 Å². The molecular formula is C22H25N7O2. The van der Waals surface area contributed by atoms with Crippen LogP contribution in [-0.4, -0.2) is 61.4 Å². The van der Waals surface area contributed by atoms with E-state index in [-0.39, 0.29) is 18.1 Å². The van der Waals surface area contributed by atoms with Gasteiger partial charge in [-0.1, -0.05) is 24.3 Å². The number of H-pyrrole nitrogens is 1. The highest BCUT2D eigenvalue weighted by Gasteiger charge is 2.25. The molecule has 0 unspecified atom stereocenters. The first-order chi connectivity index (χ1) is 15.2. The Hall–Kier alpha value is -3.33. The van der Waals surface area contributed by atoms with Crippen LogP contribution in [-0.2, 0) is 24.2 Å². The van der Waals surface area contributed by atoms with Gasteiger partial charge in [-0.2, -0.15) is 15.4 Å². The van der Waals surface area contributed by atoms with Crippen molar-refractivity contribution in [2.45, 2.75) is 44.4 Å². The number of amides is 1. The highest BCUT2D eigenvalue weighted by Crippen LogP contribution is 2.23. The number of anilines is 1. The number of rotatable bonds is 6. The number of aromatic nitrogens is 5. The van der Waals surface area contributed by atoms with Crippen LogP contribution in [0.4, 0.5) is 5.95 Å². The molecule has 5 rings (SSSR count). The minimum Gasteiger partial charge on any atom is -0.372 e. The van der Waals surface area contributed by atoms with Gasteiger partial charge in [-0.25, -0.2) is 9.97 Å². The number of carbonyl (C=O) groups is 1. The number of hydrogen-bond donors (Lipinski definition) is 2. The SMILES string of the molecule is O=C(c1cnc(NC2Cc3ccccc3C2)nc1)N1CCC(OCc2cn[nH]n2)CC1. The number of nitrogens with one attached hydrogen (secondary N) is 2. The van der Waals surface area contributed by atoms with Gasteiger partial charge in [0.15, 0.2) is 0 Å². The Morgan fingerprint density at radius 3 is 2.45 bits per heavy atom. The number of hydrogen-bond acceptors (Lipinski definition) is 7. The molecule has 3 aromatic rings. The molecule has 9 heteroatoms. The van der Waals surface area contributed by atoms with E-state index < -0.39 is 0 Å². The zero-order valence-electron chi connectivity index (χ0n) is 17.2. The van der Waals surface area contributed by atoms with E-state index in [1.807, 2.05) is 4.90 Å². The molecule has 3 heterocycles. The highest BCUT2D eigenvalue weighted by molar-refractivity contribution is 5.93. The van der Waals surface area contributed by atoms with Crippen molar-refractivity contribution in [2.75, 3.05) is 18.4 Å². The molecule has 1 fully saturated rings. The average molecular weight is 419 g/mol. The standard InChI is InChI=1S/C22H25N7O2/c30-21(29-7-5-20(6-8-29)31-14-19-13-25-28-27-19)17-11-23-22(24-12-17)26-18-9-15-3-1-2-4-16(15)10-18/h1-4,11-13,18,20H,5-10,14H2,(H,23,24,26)(H,25,27,28). The van der Waals surface area contributed by atoms with E-state index in [0.29, 0.717) is 31.2 Å². The van der Waals surface area contributed by atoms with E-state index in [9.17, 15) is 4.79 Å². The number of ether oxygens (including phenoxy) is 1. The third-order valence-corrected chi connectivity index (χ3v) is 5.94. The molecule has 31 heavy (non-hydrogen) atoms. The quantitative estimate of drug-likeness (QED) is 0.629. The molecule has 0 radical (unpaired) electrons. The van der Waals surface area contributed by atoms with Gasteiger partial charge in [0.05, 0.1) is 24.5 Å². The molecule has 2 aliphatic rings. The van der Waals surface area contributed by atoms with Crippen LogP contribution in [0.1, 0.15) is 40.0 Å². The monoisotopic (exact) mass is 419 g/mol. The molecule has 1 saturated heterocycles. The number of nitrogens with zero attached hydrogens (tertiary/aromatic N) is 5. The molecule has 0 saturated carbocycles. The summed E-state index contributed by atoms with van der Waals surface area (Å²) in [6, 6.07) is 8.77. The summed E-state index contributed by atoms with van der Waals surface area (Å²) in [5.74, 6) is 0.532. The number of piperidine rings is 1. The summed E-state index contributed by atoms with van der Waals surface area (Å²) in [7, 11) is 0. The first-order valence-electron chi connectivity index (χ1n) is 10.7. The van der Waals surface area contributed by atoms with Gasteiger partial charge >= 0.3 is 0 Å². The topological polar surface area (TPSA) is 109 Å². The molecule has 0 bridgehead atoms. The van der Waals surface area contributed by atoms with Crippen LogP contribution < -0.4 is 5.32 Å². The van der Waals surface area contributed by atoms with Crippen molar-refractivity contribution in [2.24, 2.45) is 0 Å². The molecular weight excluding hydrogens is 394 g/mol. The number of fused-ring (bicyclic) bond motifs is 1. The Labute approximate surface area is 180 Å². The lowest BCUT2D eigenvalue weighted by atomic mass is 10.1. The van der Waals surface area contributed by atoms with Crippen LogP contribution in [0.5, 0.6) is 0 Å². The van der Waals surface area contributed by atoms with Gasteiger partial charge in [-0.3, -0.25) is 4.79 Å². The van der Waals surface area contributed by atoms with Gasteiger partial charge in [0.25, 0.3) is 5.91 Å². The summed E-state index contributed by atoms with van der Waals surface area (Å²) >= 11 is 0. The lowest BCUT2D eigenvalue weighted by Crippen LogP contribution is -2.41. The first-order valence-corrected chi connectivity index (χ1v) is 10.7. The van der Waals surface area contributed by atoms with E-state index in [1.165, 1.54) is 11.1 Å². The summed E-state index contributed by atoms with van der Waals surface area (Å²) in [6.07, 6.45) is 8.54. The minimum atomic E-state index is -0.0326. The molecule has 160 valence electrons. The van der Waals surface area contributed by atoms with Crippen LogP contribution in [0, 0.1) is 0 Å². The third-order valence-electron chi connectivity index (χ3n) is 5.94. The van der Waals surface area contributed by atoms with Crippen LogP contribution >= 0.6 is 0 Å². The van der Waals surface area contributed by atoms with Gasteiger partial charge in [0.2, 0.25) is 5.95 Å². The number of carbonyl (C=O) groups excluding carboxylic acids is 1. The lowest BCUT2D eigenvalue weighted by molar-refractivity contribution is -0.00164. The van der Waals surface area contributed by atoms with Crippen molar-refractivity contribution in [3.8, 4) is 0 Å². The van der Waals surface area contributed by atoms with Crippen LogP contribution in [0.25, 0.3) is 0 Å². The molecule has 2 aromatic heterocycles. The Bertz CT molecular complexity index is 990. The second-order valence-corrected chi connectivity index (χ2v) is 8.08. The zero-order chi connectivity index (χ0) is 21.0. The third kappa shape index (κ3) is 4.56. The van der Waals surface area contributed by atoms with Crippen molar-refractivity contribution in [3.63, 3.8) is 0 Å². The van der Waals surface area contributed by atoms with Gasteiger partial charge in [0, 0.05) is 31.5 Å². The van der Waals surface area contributed by atoms with Crippen LogP contribution in [0.2, 0.25) is 0 Å².